The van der Waals surface area contributed by atoms with Crippen molar-refractivity contribution in [2.45, 2.75) is 5.88 Å². The van der Waals surface area contributed by atoms with Crippen molar-refractivity contribution in [3.05, 3.63) is 63.2 Å². The van der Waals surface area contributed by atoms with Crippen molar-refractivity contribution in [3.63, 3.8) is 0 Å². The van der Waals surface area contributed by atoms with Crippen LogP contribution in [0.5, 0.6) is 11.5 Å². The molecule has 98 valence electrons. The fourth-order valence-corrected chi connectivity index (χ4v) is 1.86. The number of hydrogen-bond acceptors (Lipinski definition) is 3. The van der Waals surface area contributed by atoms with E-state index in [1.54, 1.807) is 30.3 Å². The molecule has 0 bridgehead atoms. The molecule has 0 radical (unpaired) electrons. The minimum Gasteiger partial charge on any atom is -0.449 e. The van der Waals surface area contributed by atoms with Crippen molar-refractivity contribution in [3.8, 4) is 11.5 Å². The van der Waals surface area contributed by atoms with Crippen LogP contribution in [-0.4, -0.2) is 4.92 Å². The monoisotopic (exact) mass is 297 g/mol. The molecule has 6 heteroatoms. The Morgan fingerprint density at radius 3 is 2.53 bits per heavy atom. The zero-order valence-corrected chi connectivity index (χ0v) is 11.2. The first-order chi connectivity index (χ1) is 9.11. The minimum atomic E-state index is -0.512. The van der Waals surface area contributed by atoms with Crippen LogP contribution < -0.4 is 4.74 Å². The van der Waals surface area contributed by atoms with Crippen LogP contribution in [0, 0.1) is 10.1 Å². The van der Waals surface area contributed by atoms with E-state index in [1.165, 1.54) is 12.1 Å². The van der Waals surface area contributed by atoms with Crippen LogP contribution in [0.1, 0.15) is 5.56 Å². The molecule has 0 aliphatic carbocycles. The average molecular weight is 298 g/mol. The molecule has 0 amide bonds. The Bertz CT molecular complexity index is 617. The number of rotatable bonds is 4. The molecule has 0 aromatic heterocycles. The number of nitro benzene ring substituents is 1. The summed E-state index contributed by atoms with van der Waals surface area (Å²) in [6, 6.07) is 11.3. The number of para-hydroxylation sites is 1. The number of benzene rings is 2. The first-order valence-electron chi connectivity index (χ1n) is 5.37. The van der Waals surface area contributed by atoms with E-state index < -0.39 is 4.92 Å². The molecule has 4 nitrogen and oxygen atoms in total. The van der Waals surface area contributed by atoms with E-state index in [0.717, 1.165) is 0 Å². The second kappa shape index (κ2) is 5.91. The molecule has 0 aliphatic rings. The second-order valence-corrected chi connectivity index (χ2v) is 4.40. The average Bonchev–Trinajstić information content (AvgIpc) is 2.41. The van der Waals surface area contributed by atoms with Crippen molar-refractivity contribution in [1.82, 2.24) is 0 Å². The van der Waals surface area contributed by atoms with E-state index in [9.17, 15) is 10.1 Å². The van der Waals surface area contributed by atoms with Gasteiger partial charge in [-0.15, -0.1) is 11.6 Å². The van der Waals surface area contributed by atoms with Gasteiger partial charge in [0, 0.05) is 11.9 Å². The van der Waals surface area contributed by atoms with Crippen LogP contribution in [0.15, 0.2) is 42.5 Å². The molecule has 0 atom stereocenters. The molecule has 2 aromatic carbocycles. The molecule has 0 aliphatic heterocycles. The van der Waals surface area contributed by atoms with Gasteiger partial charge in [0.15, 0.2) is 0 Å². The van der Waals surface area contributed by atoms with E-state index in [2.05, 4.69) is 0 Å². The smallest absolute Gasteiger partial charge is 0.311 e. The zero-order valence-electron chi connectivity index (χ0n) is 9.68. The lowest BCUT2D eigenvalue weighted by Gasteiger charge is -2.08. The Kier molecular flexibility index (Phi) is 4.24. The van der Waals surface area contributed by atoms with Gasteiger partial charge in [0.2, 0.25) is 5.75 Å². The third-order valence-electron chi connectivity index (χ3n) is 2.43. The fraction of sp³-hybridized carbons (Fsp3) is 0.0769. The highest BCUT2D eigenvalue weighted by Gasteiger charge is 2.17. The summed E-state index contributed by atoms with van der Waals surface area (Å²) in [5.41, 5.74) is 0.512. The van der Waals surface area contributed by atoms with Gasteiger partial charge in [-0.1, -0.05) is 29.8 Å². The van der Waals surface area contributed by atoms with Crippen LogP contribution in [-0.2, 0) is 5.88 Å². The topological polar surface area (TPSA) is 52.4 Å². The van der Waals surface area contributed by atoms with Gasteiger partial charge in [-0.05, 0) is 23.8 Å². The summed E-state index contributed by atoms with van der Waals surface area (Å²) < 4.78 is 5.48. The lowest BCUT2D eigenvalue weighted by Crippen LogP contribution is -1.95. The largest absolute Gasteiger partial charge is 0.449 e. The van der Waals surface area contributed by atoms with E-state index in [-0.39, 0.29) is 17.3 Å². The SMILES string of the molecule is O=[N+]([O-])c1cc(CCl)ccc1Oc1ccccc1Cl. The summed E-state index contributed by atoms with van der Waals surface area (Å²) in [5, 5.41) is 11.4. The number of ether oxygens (including phenoxy) is 1. The van der Waals surface area contributed by atoms with Crippen LogP contribution in [0.3, 0.4) is 0 Å². The van der Waals surface area contributed by atoms with Gasteiger partial charge in [0.1, 0.15) is 5.75 Å². The Balaban J connectivity index is 2.40. The van der Waals surface area contributed by atoms with Crippen LogP contribution in [0.2, 0.25) is 5.02 Å². The van der Waals surface area contributed by atoms with Crippen molar-refractivity contribution >= 4 is 28.9 Å². The summed E-state index contributed by atoms with van der Waals surface area (Å²) in [5.74, 6) is 0.700. The van der Waals surface area contributed by atoms with E-state index >= 15 is 0 Å². The number of halogens is 2. The van der Waals surface area contributed by atoms with Crippen LogP contribution >= 0.6 is 23.2 Å². The van der Waals surface area contributed by atoms with Crippen molar-refractivity contribution in [2.75, 3.05) is 0 Å². The number of nitrogens with zero attached hydrogens (tertiary/aromatic N) is 1. The molecule has 2 rings (SSSR count). The van der Waals surface area contributed by atoms with Crippen molar-refractivity contribution < 1.29 is 9.66 Å². The number of nitro groups is 1. The van der Waals surface area contributed by atoms with E-state index in [0.29, 0.717) is 16.3 Å². The van der Waals surface area contributed by atoms with Gasteiger partial charge in [-0.25, -0.2) is 0 Å². The lowest BCUT2D eigenvalue weighted by molar-refractivity contribution is -0.385. The van der Waals surface area contributed by atoms with Gasteiger partial charge in [-0.2, -0.15) is 0 Å². The summed E-state index contributed by atoms with van der Waals surface area (Å²) in [4.78, 5) is 10.5. The standard InChI is InChI=1S/C13H9Cl2NO3/c14-8-9-5-6-13(11(7-9)16(17)18)19-12-4-2-1-3-10(12)15/h1-7H,8H2. The Labute approximate surface area is 119 Å². The molecule has 0 heterocycles. The minimum absolute atomic E-state index is 0.131. The highest BCUT2D eigenvalue weighted by molar-refractivity contribution is 6.32. The first-order valence-corrected chi connectivity index (χ1v) is 6.28. The molecular weight excluding hydrogens is 289 g/mol. The molecule has 0 fully saturated rings. The predicted molar refractivity (Wildman–Crippen MR) is 74.2 cm³/mol. The maximum absolute atomic E-state index is 11.0. The first kappa shape index (κ1) is 13.6. The van der Waals surface area contributed by atoms with Crippen LogP contribution in [0.4, 0.5) is 5.69 Å². The summed E-state index contributed by atoms with van der Waals surface area (Å²) in [6.45, 7) is 0. The number of hydrogen-bond donors (Lipinski definition) is 0. The molecular formula is C13H9Cl2NO3. The van der Waals surface area contributed by atoms with E-state index in [4.69, 9.17) is 27.9 Å². The molecule has 0 N–H and O–H groups in total. The summed E-state index contributed by atoms with van der Waals surface area (Å²) in [7, 11) is 0. The van der Waals surface area contributed by atoms with Gasteiger partial charge < -0.3 is 4.74 Å². The molecule has 2 aromatic rings. The van der Waals surface area contributed by atoms with Gasteiger partial charge in [0.05, 0.1) is 9.95 Å². The quantitative estimate of drug-likeness (QED) is 0.463. The van der Waals surface area contributed by atoms with Gasteiger partial charge >= 0.3 is 5.69 Å². The lowest BCUT2D eigenvalue weighted by atomic mass is 10.2. The van der Waals surface area contributed by atoms with Crippen molar-refractivity contribution in [2.24, 2.45) is 0 Å². The van der Waals surface area contributed by atoms with Crippen molar-refractivity contribution in [1.29, 1.82) is 0 Å². The van der Waals surface area contributed by atoms with Gasteiger partial charge in [0.25, 0.3) is 0 Å². The highest BCUT2D eigenvalue weighted by atomic mass is 35.5. The molecule has 0 spiro atoms. The summed E-state index contributed by atoms with van der Waals surface area (Å²) in [6.07, 6.45) is 0. The fourth-order valence-electron chi connectivity index (χ4n) is 1.52. The zero-order chi connectivity index (χ0) is 13.8. The maximum Gasteiger partial charge on any atom is 0.311 e. The Morgan fingerprint density at radius 2 is 1.89 bits per heavy atom. The Morgan fingerprint density at radius 1 is 1.16 bits per heavy atom. The normalized spacial score (nSPS) is 10.2. The Hall–Kier alpha value is -1.78. The molecule has 0 saturated carbocycles. The third-order valence-corrected chi connectivity index (χ3v) is 3.05. The molecule has 0 unspecified atom stereocenters. The highest BCUT2D eigenvalue weighted by Crippen LogP contribution is 2.35. The van der Waals surface area contributed by atoms with Crippen LogP contribution in [0.25, 0.3) is 0 Å². The second-order valence-electron chi connectivity index (χ2n) is 3.73. The van der Waals surface area contributed by atoms with Gasteiger partial charge in [-0.3, -0.25) is 10.1 Å². The third kappa shape index (κ3) is 3.16. The predicted octanol–water partition coefficient (Wildman–Crippen LogP) is 4.78. The molecule has 0 saturated heterocycles. The molecule has 19 heavy (non-hydrogen) atoms. The van der Waals surface area contributed by atoms with E-state index in [1.807, 2.05) is 0 Å². The maximum atomic E-state index is 11.0. The number of alkyl halides is 1. The summed E-state index contributed by atoms with van der Waals surface area (Å²) >= 11 is 11.6.